The van der Waals surface area contributed by atoms with E-state index in [9.17, 15) is 4.79 Å². The molecule has 2 heterocycles. The van der Waals surface area contributed by atoms with Crippen LogP contribution in [0.15, 0.2) is 51.8 Å². The number of benzene rings is 1. The highest BCUT2D eigenvalue weighted by Crippen LogP contribution is 2.26. The molecule has 22 heavy (non-hydrogen) atoms. The third-order valence-electron chi connectivity index (χ3n) is 2.83. The van der Waals surface area contributed by atoms with Gasteiger partial charge >= 0.3 is 5.97 Å². The summed E-state index contributed by atoms with van der Waals surface area (Å²) in [5.41, 5.74) is 1.41. The second-order valence-corrected chi connectivity index (χ2v) is 6.15. The van der Waals surface area contributed by atoms with Crippen LogP contribution in [-0.2, 0) is 9.53 Å². The molecule has 4 nitrogen and oxygen atoms in total. The Bertz CT molecular complexity index is 834. The van der Waals surface area contributed by atoms with Crippen molar-refractivity contribution in [3.63, 3.8) is 0 Å². The number of pyridine rings is 1. The predicted molar refractivity (Wildman–Crippen MR) is 89.0 cm³/mol. The molecule has 0 amide bonds. The number of halogens is 3. The first-order valence-corrected chi connectivity index (χ1v) is 7.66. The number of hydrogen-bond acceptors (Lipinski definition) is 4. The van der Waals surface area contributed by atoms with Crippen LogP contribution < -0.4 is 0 Å². The highest BCUT2D eigenvalue weighted by Gasteiger charge is 2.24. The molecule has 0 radical (unpaired) electrons. The number of carbonyl (C=O) groups is 1. The standard InChI is InChI=1S/C15H7BrCl2N2O2/c16-10-3-9(6-19-7-10)14-20-13(15(21)22-14)4-8-1-2-11(17)5-12(8)18/h1-7H/b13-4+. The summed E-state index contributed by atoms with van der Waals surface area (Å²) in [6.07, 6.45) is 4.75. The van der Waals surface area contributed by atoms with Gasteiger partial charge in [0.2, 0.25) is 5.90 Å². The quantitative estimate of drug-likeness (QED) is 0.553. The first-order valence-electron chi connectivity index (χ1n) is 6.11. The Hall–Kier alpha value is -1.69. The first kappa shape index (κ1) is 15.2. The van der Waals surface area contributed by atoms with Crippen LogP contribution >= 0.6 is 39.1 Å². The molecule has 1 aromatic heterocycles. The van der Waals surface area contributed by atoms with Crippen LogP contribution in [0.4, 0.5) is 0 Å². The molecule has 2 aromatic rings. The summed E-state index contributed by atoms with van der Waals surface area (Å²) >= 11 is 15.2. The molecule has 0 atom stereocenters. The van der Waals surface area contributed by atoms with Gasteiger partial charge in [0.05, 0.1) is 5.56 Å². The number of esters is 1. The van der Waals surface area contributed by atoms with E-state index >= 15 is 0 Å². The van der Waals surface area contributed by atoms with Crippen molar-refractivity contribution < 1.29 is 9.53 Å². The van der Waals surface area contributed by atoms with Crippen molar-refractivity contribution in [3.8, 4) is 0 Å². The summed E-state index contributed by atoms with van der Waals surface area (Å²) in [4.78, 5) is 20.1. The van der Waals surface area contributed by atoms with Crippen molar-refractivity contribution in [1.82, 2.24) is 4.98 Å². The third-order valence-corrected chi connectivity index (χ3v) is 3.82. The Labute approximate surface area is 144 Å². The predicted octanol–water partition coefficient (Wildman–Crippen LogP) is 4.50. The molecule has 1 aliphatic heterocycles. The maximum atomic E-state index is 11.9. The molecular formula is C15H7BrCl2N2O2. The van der Waals surface area contributed by atoms with Crippen LogP contribution in [0.3, 0.4) is 0 Å². The smallest absolute Gasteiger partial charge is 0.363 e. The highest BCUT2D eigenvalue weighted by molar-refractivity contribution is 9.10. The SMILES string of the molecule is O=C1OC(c2cncc(Br)c2)=N/C1=C/c1ccc(Cl)cc1Cl. The Balaban J connectivity index is 1.97. The maximum Gasteiger partial charge on any atom is 0.363 e. The zero-order valence-electron chi connectivity index (χ0n) is 10.9. The molecule has 0 unspecified atom stereocenters. The van der Waals surface area contributed by atoms with Gasteiger partial charge in [-0.15, -0.1) is 0 Å². The molecule has 0 aliphatic carbocycles. The number of nitrogens with zero attached hydrogens (tertiary/aromatic N) is 2. The van der Waals surface area contributed by atoms with Crippen LogP contribution in [0.2, 0.25) is 10.0 Å². The van der Waals surface area contributed by atoms with Crippen molar-refractivity contribution in [2.24, 2.45) is 4.99 Å². The number of hydrogen-bond donors (Lipinski definition) is 0. The molecule has 0 fully saturated rings. The summed E-state index contributed by atoms with van der Waals surface area (Å²) in [7, 11) is 0. The van der Waals surface area contributed by atoms with Crippen molar-refractivity contribution in [1.29, 1.82) is 0 Å². The van der Waals surface area contributed by atoms with E-state index in [1.165, 1.54) is 0 Å². The zero-order chi connectivity index (χ0) is 15.7. The van der Waals surface area contributed by atoms with Gasteiger partial charge in [0.1, 0.15) is 0 Å². The van der Waals surface area contributed by atoms with Crippen molar-refractivity contribution >= 4 is 57.1 Å². The molecule has 1 aliphatic rings. The molecule has 110 valence electrons. The Morgan fingerprint density at radius 3 is 2.73 bits per heavy atom. The third kappa shape index (κ3) is 3.21. The Kier molecular flexibility index (Phi) is 4.29. The lowest BCUT2D eigenvalue weighted by molar-refractivity contribution is -0.129. The van der Waals surface area contributed by atoms with E-state index < -0.39 is 5.97 Å². The Morgan fingerprint density at radius 2 is 2.00 bits per heavy atom. The van der Waals surface area contributed by atoms with E-state index in [-0.39, 0.29) is 11.6 Å². The summed E-state index contributed by atoms with van der Waals surface area (Å²) in [5, 5.41) is 0.950. The van der Waals surface area contributed by atoms with E-state index in [0.29, 0.717) is 21.2 Å². The molecule has 0 saturated heterocycles. The van der Waals surface area contributed by atoms with E-state index in [1.807, 2.05) is 0 Å². The summed E-state index contributed by atoms with van der Waals surface area (Å²) in [6, 6.07) is 6.75. The van der Waals surface area contributed by atoms with Gasteiger partial charge in [-0.3, -0.25) is 4.98 Å². The van der Waals surface area contributed by atoms with Crippen LogP contribution in [0, 0.1) is 0 Å². The molecule has 0 bridgehead atoms. The minimum absolute atomic E-state index is 0.166. The fourth-order valence-electron chi connectivity index (χ4n) is 1.83. The number of aliphatic imine (C=N–C) groups is 1. The molecule has 1 aromatic carbocycles. The van der Waals surface area contributed by atoms with Crippen molar-refractivity contribution in [2.75, 3.05) is 0 Å². The minimum atomic E-state index is -0.541. The number of ether oxygens (including phenoxy) is 1. The zero-order valence-corrected chi connectivity index (χ0v) is 14.0. The van der Waals surface area contributed by atoms with Crippen LogP contribution in [0.5, 0.6) is 0 Å². The monoisotopic (exact) mass is 396 g/mol. The fourth-order valence-corrected chi connectivity index (χ4v) is 2.66. The second kappa shape index (κ2) is 6.20. The van der Waals surface area contributed by atoms with Crippen LogP contribution in [0.1, 0.15) is 11.1 Å². The van der Waals surface area contributed by atoms with Crippen LogP contribution in [0.25, 0.3) is 6.08 Å². The molecular weight excluding hydrogens is 391 g/mol. The molecule has 0 spiro atoms. The number of carbonyl (C=O) groups excluding carboxylic acids is 1. The molecule has 0 N–H and O–H groups in total. The van der Waals surface area contributed by atoms with Gasteiger partial charge in [0.15, 0.2) is 5.70 Å². The average molecular weight is 398 g/mol. The lowest BCUT2D eigenvalue weighted by atomic mass is 10.2. The van der Waals surface area contributed by atoms with E-state index in [0.717, 1.165) is 4.47 Å². The normalized spacial score (nSPS) is 15.9. The van der Waals surface area contributed by atoms with Crippen molar-refractivity contribution in [2.45, 2.75) is 0 Å². The minimum Gasteiger partial charge on any atom is -0.402 e. The van der Waals surface area contributed by atoms with Gasteiger partial charge in [-0.2, -0.15) is 0 Å². The largest absolute Gasteiger partial charge is 0.402 e. The number of rotatable bonds is 2. The van der Waals surface area contributed by atoms with Crippen molar-refractivity contribution in [3.05, 3.63) is 68.0 Å². The van der Waals surface area contributed by atoms with E-state index in [4.69, 9.17) is 27.9 Å². The van der Waals surface area contributed by atoms with E-state index in [1.54, 1.807) is 42.7 Å². The second-order valence-electron chi connectivity index (χ2n) is 4.39. The lowest BCUT2D eigenvalue weighted by Gasteiger charge is -1.99. The maximum absolute atomic E-state index is 11.9. The summed E-state index contributed by atoms with van der Waals surface area (Å²) in [5.74, 6) is -0.337. The molecule has 3 rings (SSSR count). The Morgan fingerprint density at radius 1 is 1.18 bits per heavy atom. The highest BCUT2D eigenvalue weighted by atomic mass is 79.9. The van der Waals surface area contributed by atoms with Gasteiger partial charge in [0.25, 0.3) is 0 Å². The lowest BCUT2D eigenvalue weighted by Crippen LogP contribution is -2.05. The first-order chi connectivity index (χ1) is 10.5. The number of aromatic nitrogens is 1. The van der Waals surface area contributed by atoms with Gasteiger partial charge in [-0.05, 0) is 45.8 Å². The molecule has 7 heteroatoms. The van der Waals surface area contributed by atoms with E-state index in [2.05, 4.69) is 25.9 Å². The fraction of sp³-hybridized carbons (Fsp3) is 0. The topological polar surface area (TPSA) is 51.5 Å². The molecule has 0 saturated carbocycles. The van der Waals surface area contributed by atoms with Gasteiger partial charge in [-0.25, -0.2) is 9.79 Å². The van der Waals surface area contributed by atoms with Gasteiger partial charge in [0, 0.05) is 26.9 Å². The number of cyclic esters (lactones) is 1. The summed E-state index contributed by atoms with van der Waals surface area (Å²) < 4.78 is 5.93. The summed E-state index contributed by atoms with van der Waals surface area (Å²) in [6.45, 7) is 0. The van der Waals surface area contributed by atoms with Gasteiger partial charge in [-0.1, -0.05) is 29.3 Å². The van der Waals surface area contributed by atoms with Crippen LogP contribution in [-0.4, -0.2) is 16.9 Å². The average Bonchev–Trinajstić information content (AvgIpc) is 2.83. The van der Waals surface area contributed by atoms with Gasteiger partial charge < -0.3 is 4.74 Å².